The van der Waals surface area contributed by atoms with Crippen LogP contribution in [-0.4, -0.2) is 20.1 Å². The third kappa shape index (κ3) is 1.94. The molecule has 0 saturated carbocycles. The van der Waals surface area contributed by atoms with E-state index < -0.39 is 0 Å². The second-order valence-electron chi connectivity index (χ2n) is 4.53. The topological polar surface area (TPSA) is 15.3 Å². The maximum absolute atomic E-state index is 3.58. The fourth-order valence-electron chi connectivity index (χ4n) is 2.31. The third-order valence-electron chi connectivity index (χ3n) is 3.13. The number of para-hydroxylation sites is 1. The Morgan fingerprint density at radius 3 is 3.00 bits per heavy atom. The molecule has 1 aromatic rings. The first-order valence-electron chi connectivity index (χ1n) is 5.79. The van der Waals surface area contributed by atoms with E-state index >= 15 is 0 Å². The molecule has 1 aromatic carbocycles. The molecule has 2 heteroatoms. The molecule has 1 N–H and O–H groups in total. The van der Waals surface area contributed by atoms with Gasteiger partial charge in [0.15, 0.2) is 0 Å². The van der Waals surface area contributed by atoms with Crippen molar-refractivity contribution < 1.29 is 0 Å². The van der Waals surface area contributed by atoms with Crippen LogP contribution in [0.3, 0.4) is 0 Å². The average molecular weight is 204 g/mol. The molecule has 82 valence electrons. The quantitative estimate of drug-likeness (QED) is 0.756. The summed E-state index contributed by atoms with van der Waals surface area (Å²) in [5.74, 6) is 0.701. The lowest BCUT2D eigenvalue weighted by molar-refractivity contribution is 0.618. The Labute approximate surface area is 92.3 Å². The van der Waals surface area contributed by atoms with E-state index in [1.807, 2.05) is 0 Å². The van der Waals surface area contributed by atoms with Crippen molar-refractivity contribution in [2.75, 3.05) is 30.4 Å². The number of nitrogens with zero attached hydrogens (tertiary/aromatic N) is 1. The Kier molecular flexibility index (Phi) is 2.85. The first-order valence-corrected chi connectivity index (χ1v) is 5.79. The molecule has 0 aliphatic carbocycles. The van der Waals surface area contributed by atoms with Crippen molar-refractivity contribution in [2.45, 2.75) is 20.3 Å². The van der Waals surface area contributed by atoms with Gasteiger partial charge in [-0.3, -0.25) is 0 Å². The van der Waals surface area contributed by atoms with Gasteiger partial charge in [-0.25, -0.2) is 0 Å². The number of hydrogen-bond acceptors (Lipinski definition) is 2. The average Bonchev–Trinajstić information content (AvgIpc) is 2.38. The smallest absolute Gasteiger partial charge is 0.0610 e. The van der Waals surface area contributed by atoms with Gasteiger partial charge in [0.2, 0.25) is 0 Å². The van der Waals surface area contributed by atoms with E-state index in [0.717, 1.165) is 19.5 Å². The predicted octanol–water partition coefficient (Wildman–Crippen LogP) is 2.75. The van der Waals surface area contributed by atoms with Gasteiger partial charge in [0.25, 0.3) is 0 Å². The van der Waals surface area contributed by atoms with E-state index in [1.165, 1.54) is 16.9 Å². The van der Waals surface area contributed by atoms with Gasteiger partial charge in [0.1, 0.15) is 0 Å². The summed E-state index contributed by atoms with van der Waals surface area (Å²) in [6, 6.07) is 6.58. The summed E-state index contributed by atoms with van der Waals surface area (Å²) in [6.07, 6.45) is 1.10. The lowest BCUT2D eigenvalue weighted by Gasteiger charge is -2.21. The molecule has 1 aliphatic rings. The largest absolute Gasteiger partial charge is 0.383 e. The molecular weight excluding hydrogens is 184 g/mol. The molecular formula is C13H20N2. The summed E-state index contributed by atoms with van der Waals surface area (Å²) < 4.78 is 0. The molecule has 0 fully saturated rings. The Morgan fingerprint density at radius 2 is 2.27 bits per heavy atom. The Morgan fingerprint density at radius 1 is 1.47 bits per heavy atom. The summed E-state index contributed by atoms with van der Waals surface area (Å²) in [5, 5.41) is 3.58. The fraction of sp³-hybridized carbons (Fsp3) is 0.538. The second-order valence-corrected chi connectivity index (χ2v) is 4.53. The van der Waals surface area contributed by atoms with E-state index in [4.69, 9.17) is 0 Å². The fourth-order valence-corrected chi connectivity index (χ4v) is 2.31. The van der Waals surface area contributed by atoms with Gasteiger partial charge < -0.3 is 10.2 Å². The second kappa shape index (κ2) is 4.13. The van der Waals surface area contributed by atoms with E-state index in [0.29, 0.717) is 5.92 Å². The Bertz CT molecular complexity index is 346. The van der Waals surface area contributed by atoms with Gasteiger partial charge in [-0.05, 0) is 24.0 Å². The van der Waals surface area contributed by atoms with E-state index in [2.05, 4.69) is 49.3 Å². The molecule has 0 spiro atoms. The van der Waals surface area contributed by atoms with Crippen LogP contribution in [0.15, 0.2) is 18.2 Å². The number of anilines is 2. The number of rotatable bonds is 1. The summed E-state index contributed by atoms with van der Waals surface area (Å²) in [6.45, 7) is 6.72. The number of fused-ring (bicyclic) bond motifs is 1. The number of aryl methyl sites for hydroxylation is 1. The highest BCUT2D eigenvalue weighted by molar-refractivity contribution is 5.74. The van der Waals surface area contributed by atoms with Crippen LogP contribution in [0.25, 0.3) is 0 Å². The van der Waals surface area contributed by atoms with Crippen LogP contribution in [0.5, 0.6) is 0 Å². The highest BCUT2D eigenvalue weighted by Crippen LogP contribution is 2.32. The molecule has 0 saturated heterocycles. The minimum Gasteiger partial charge on any atom is -0.383 e. The van der Waals surface area contributed by atoms with Gasteiger partial charge in [-0.2, -0.15) is 0 Å². The molecule has 1 aliphatic heterocycles. The molecule has 1 heterocycles. The number of nitrogens with one attached hydrogen (secondary N) is 1. The molecule has 0 bridgehead atoms. The van der Waals surface area contributed by atoms with Crippen molar-refractivity contribution >= 4 is 11.4 Å². The highest BCUT2D eigenvalue weighted by atomic mass is 15.1. The Balaban J connectivity index is 2.43. The van der Waals surface area contributed by atoms with Crippen molar-refractivity contribution in [2.24, 2.45) is 5.92 Å². The SMILES string of the molecule is CCc1cccc2c1NCC(C)CN2C. The summed E-state index contributed by atoms with van der Waals surface area (Å²) in [4.78, 5) is 2.36. The first kappa shape index (κ1) is 10.3. The monoisotopic (exact) mass is 204 g/mol. The number of hydrogen-bond donors (Lipinski definition) is 1. The molecule has 15 heavy (non-hydrogen) atoms. The predicted molar refractivity (Wildman–Crippen MR) is 66.7 cm³/mol. The van der Waals surface area contributed by atoms with Gasteiger partial charge in [-0.15, -0.1) is 0 Å². The zero-order valence-corrected chi connectivity index (χ0v) is 9.88. The zero-order valence-electron chi connectivity index (χ0n) is 9.88. The van der Waals surface area contributed by atoms with Crippen molar-refractivity contribution in [1.82, 2.24) is 0 Å². The van der Waals surface area contributed by atoms with Crippen LogP contribution in [0.2, 0.25) is 0 Å². The van der Waals surface area contributed by atoms with Crippen molar-refractivity contribution in [1.29, 1.82) is 0 Å². The summed E-state index contributed by atoms with van der Waals surface area (Å²) >= 11 is 0. The van der Waals surface area contributed by atoms with Gasteiger partial charge >= 0.3 is 0 Å². The van der Waals surface area contributed by atoms with Gasteiger partial charge in [-0.1, -0.05) is 26.0 Å². The molecule has 1 atom stereocenters. The van der Waals surface area contributed by atoms with Crippen molar-refractivity contribution in [3.05, 3.63) is 23.8 Å². The maximum atomic E-state index is 3.58. The Hall–Kier alpha value is -1.18. The van der Waals surface area contributed by atoms with E-state index in [9.17, 15) is 0 Å². The minimum absolute atomic E-state index is 0.701. The summed E-state index contributed by atoms with van der Waals surface area (Å²) in [5.41, 5.74) is 4.11. The van der Waals surface area contributed by atoms with Crippen LogP contribution < -0.4 is 10.2 Å². The maximum Gasteiger partial charge on any atom is 0.0610 e. The number of benzene rings is 1. The van der Waals surface area contributed by atoms with Crippen LogP contribution in [-0.2, 0) is 6.42 Å². The minimum atomic E-state index is 0.701. The van der Waals surface area contributed by atoms with Crippen LogP contribution in [0.4, 0.5) is 11.4 Å². The van der Waals surface area contributed by atoms with Crippen molar-refractivity contribution in [3.63, 3.8) is 0 Å². The molecule has 2 nitrogen and oxygen atoms in total. The first-order chi connectivity index (χ1) is 7.22. The van der Waals surface area contributed by atoms with E-state index in [-0.39, 0.29) is 0 Å². The summed E-state index contributed by atoms with van der Waals surface area (Å²) in [7, 11) is 2.18. The van der Waals surface area contributed by atoms with Crippen LogP contribution >= 0.6 is 0 Å². The van der Waals surface area contributed by atoms with E-state index in [1.54, 1.807) is 0 Å². The highest BCUT2D eigenvalue weighted by Gasteiger charge is 2.17. The van der Waals surface area contributed by atoms with Crippen molar-refractivity contribution in [3.8, 4) is 0 Å². The van der Waals surface area contributed by atoms with Crippen LogP contribution in [0, 0.1) is 5.92 Å². The zero-order chi connectivity index (χ0) is 10.8. The van der Waals surface area contributed by atoms with Gasteiger partial charge in [0, 0.05) is 20.1 Å². The standard InChI is InChI=1S/C13H20N2/c1-4-11-6-5-7-12-13(11)14-8-10(2)9-15(12)3/h5-7,10,14H,4,8-9H2,1-3H3. The molecule has 0 amide bonds. The van der Waals surface area contributed by atoms with Crippen LogP contribution in [0.1, 0.15) is 19.4 Å². The molecule has 1 unspecified atom stereocenters. The third-order valence-corrected chi connectivity index (χ3v) is 3.13. The molecule has 0 aromatic heterocycles. The molecule has 2 rings (SSSR count). The lowest BCUT2D eigenvalue weighted by Crippen LogP contribution is -2.23. The lowest BCUT2D eigenvalue weighted by atomic mass is 10.1. The normalized spacial score (nSPS) is 20.5. The molecule has 0 radical (unpaired) electrons. The van der Waals surface area contributed by atoms with Gasteiger partial charge in [0.05, 0.1) is 11.4 Å².